The summed E-state index contributed by atoms with van der Waals surface area (Å²) in [5.41, 5.74) is 2.24. The molecule has 1 aliphatic carbocycles. The van der Waals surface area contributed by atoms with Crippen LogP contribution in [-0.4, -0.2) is 11.6 Å². The van der Waals surface area contributed by atoms with Crippen LogP contribution < -0.4 is 0 Å². The van der Waals surface area contributed by atoms with Crippen LogP contribution in [0.15, 0.2) is 18.2 Å². The molecule has 0 radical (unpaired) electrons. The second-order valence-corrected chi connectivity index (χ2v) is 5.53. The number of carbonyl (C=O) groups excluding carboxylic acids is 1. The zero-order chi connectivity index (χ0) is 12.5. The first-order valence-electron chi connectivity index (χ1n) is 5.94. The van der Waals surface area contributed by atoms with Gasteiger partial charge in [-0.3, -0.25) is 0 Å². The fraction of sp³-hybridized carbons (Fsp3) is 0.500. The maximum atomic E-state index is 13.2. The van der Waals surface area contributed by atoms with Gasteiger partial charge in [0.25, 0.3) is 0 Å². The quantitative estimate of drug-likeness (QED) is 0.614. The Hall–Kier alpha value is -0.700. The van der Waals surface area contributed by atoms with Crippen LogP contribution in [0, 0.1) is 17.2 Å². The lowest BCUT2D eigenvalue weighted by molar-refractivity contribution is -0.113. The van der Waals surface area contributed by atoms with Gasteiger partial charge in [0, 0.05) is 11.2 Å². The molecule has 1 nitrogen and oxygen atoms in total. The molecule has 0 aliphatic heterocycles. The maximum Gasteiger partial charge on any atom is 0.124 e. The molecule has 0 aromatic heterocycles. The zero-order valence-electron chi connectivity index (χ0n) is 9.88. The van der Waals surface area contributed by atoms with Crippen molar-refractivity contribution in [3.05, 3.63) is 35.1 Å². The van der Waals surface area contributed by atoms with Crippen molar-refractivity contribution in [1.82, 2.24) is 0 Å². The van der Waals surface area contributed by atoms with Gasteiger partial charge in [0.2, 0.25) is 0 Å². The standard InChI is InChI=1S/C14H16BrFO/c1-2-14(12(8-15)9-17)6-10-3-4-13(16)5-11(10)7-14/h3-5,9,12H,2,6-8H2,1H3. The molecule has 3 heteroatoms. The molecule has 1 aromatic rings. The molecule has 0 saturated heterocycles. The highest BCUT2D eigenvalue weighted by Gasteiger charge is 2.41. The van der Waals surface area contributed by atoms with Crippen molar-refractivity contribution in [2.24, 2.45) is 11.3 Å². The van der Waals surface area contributed by atoms with E-state index in [9.17, 15) is 9.18 Å². The van der Waals surface area contributed by atoms with Crippen LogP contribution in [-0.2, 0) is 17.6 Å². The number of rotatable bonds is 4. The number of halogens is 2. The van der Waals surface area contributed by atoms with Crippen LogP contribution in [0.2, 0.25) is 0 Å². The van der Waals surface area contributed by atoms with E-state index in [-0.39, 0.29) is 17.2 Å². The molecule has 0 fully saturated rings. The van der Waals surface area contributed by atoms with Gasteiger partial charge < -0.3 is 4.79 Å². The summed E-state index contributed by atoms with van der Waals surface area (Å²) in [5.74, 6) is -0.180. The van der Waals surface area contributed by atoms with Crippen LogP contribution in [0.3, 0.4) is 0 Å². The van der Waals surface area contributed by atoms with Gasteiger partial charge in [-0.1, -0.05) is 28.9 Å². The third kappa shape index (κ3) is 2.17. The summed E-state index contributed by atoms with van der Waals surface area (Å²) in [4.78, 5) is 11.2. The highest BCUT2D eigenvalue weighted by atomic mass is 79.9. The van der Waals surface area contributed by atoms with Crippen molar-refractivity contribution in [3.8, 4) is 0 Å². The Morgan fingerprint density at radius 2 is 2.18 bits per heavy atom. The van der Waals surface area contributed by atoms with Crippen molar-refractivity contribution >= 4 is 22.2 Å². The predicted molar refractivity (Wildman–Crippen MR) is 69.9 cm³/mol. The Morgan fingerprint density at radius 1 is 1.47 bits per heavy atom. The van der Waals surface area contributed by atoms with E-state index in [0.717, 1.165) is 31.1 Å². The van der Waals surface area contributed by atoms with Gasteiger partial charge in [-0.25, -0.2) is 4.39 Å². The minimum atomic E-state index is -0.183. The number of aldehydes is 1. The fourth-order valence-corrected chi connectivity index (χ4v) is 3.71. The second-order valence-electron chi connectivity index (χ2n) is 4.88. The molecule has 0 heterocycles. The SMILES string of the molecule is CCC1(C(C=O)CBr)Cc2ccc(F)cc2C1. The van der Waals surface area contributed by atoms with Crippen LogP contribution >= 0.6 is 15.9 Å². The molecule has 0 amide bonds. The first kappa shape index (κ1) is 12.7. The third-order valence-electron chi connectivity index (χ3n) is 4.07. The highest BCUT2D eigenvalue weighted by molar-refractivity contribution is 9.09. The van der Waals surface area contributed by atoms with Crippen LogP contribution in [0.25, 0.3) is 0 Å². The summed E-state index contributed by atoms with van der Waals surface area (Å²) in [5, 5.41) is 0.681. The lowest BCUT2D eigenvalue weighted by atomic mass is 9.72. The summed E-state index contributed by atoms with van der Waals surface area (Å²) in [6, 6.07) is 4.98. The lowest BCUT2D eigenvalue weighted by Crippen LogP contribution is -2.33. The van der Waals surface area contributed by atoms with Gasteiger partial charge >= 0.3 is 0 Å². The minimum absolute atomic E-state index is 0.00274. The minimum Gasteiger partial charge on any atom is -0.303 e. The zero-order valence-corrected chi connectivity index (χ0v) is 11.5. The number of hydrogen-bond acceptors (Lipinski definition) is 1. The average Bonchev–Trinajstić information content (AvgIpc) is 2.69. The molecule has 1 aliphatic rings. The van der Waals surface area contributed by atoms with Crippen molar-refractivity contribution in [1.29, 1.82) is 0 Å². The molecular weight excluding hydrogens is 283 g/mol. The number of benzene rings is 1. The van der Waals surface area contributed by atoms with Crippen molar-refractivity contribution in [3.63, 3.8) is 0 Å². The van der Waals surface area contributed by atoms with E-state index < -0.39 is 0 Å². The normalized spacial score (nSPS) is 24.4. The van der Waals surface area contributed by atoms with Gasteiger partial charge in [-0.05, 0) is 47.9 Å². The molecule has 1 aromatic carbocycles. The van der Waals surface area contributed by atoms with Crippen molar-refractivity contribution in [2.75, 3.05) is 5.33 Å². The highest BCUT2D eigenvalue weighted by Crippen LogP contribution is 2.45. The van der Waals surface area contributed by atoms with E-state index in [0.29, 0.717) is 5.33 Å². The predicted octanol–water partition coefficient (Wildman–Crippen LogP) is 3.53. The topological polar surface area (TPSA) is 17.1 Å². The summed E-state index contributed by atoms with van der Waals surface area (Å²) in [7, 11) is 0. The molecule has 2 atom stereocenters. The van der Waals surface area contributed by atoms with Crippen LogP contribution in [0.5, 0.6) is 0 Å². The van der Waals surface area contributed by atoms with Gasteiger partial charge in [0.05, 0.1) is 0 Å². The van der Waals surface area contributed by atoms with Gasteiger partial charge in [0.15, 0.2) is 0 Å². The molecule has 92 valence electrons. The monoisotopic (exact) mass is 298 g/mol. The fourth-order valence-electron chi connectivity index (χ4n) is 2.87. The molecule has 0 spiro atoms. The second kappa shape index (κ2) is 4.89. The molecule has 0 saturated carbocycles. The summed E-state index contributed by atoms with van der Waals surface area (Å²) >= 11 is 3.42. The van der Waals surface area contributed by atoms with Crippen molar-refractivity contribution < 1.29 is 9.18 Å². The number of hydrogen-bond donors (Lipinski definition) is 0. The van der Waals surface area contributed by atoms with Gasteiger partial charge in [0.1, 0.15) is 12.1 Å². The van der Waals surface area contributed by atoms with Crippen LogP contribution in [0.4, 0.5) is 4.39 Å². The molecular formula is C14H16BrFO. The van der Waals surface area contributed by atoms with Gasteiger partial charge in [-0.2, -0.15) is 0 Å². The van der Waals surface area contributed by atoms with E-state index in [1.807, 2.05) is 6.07 Å². The Kier molecular flexibility index (Phi) is 3.67. The third-order valence-corrected chi connectivity index (χ3v) is 4.77. The lowest BCUT2D eigenvalue weighted by Gasteiger charge is -2.32. The Morgan fingerprint density at radius 3 is 2.76 bits per heavy atom. The average molecular weight is 299 g/mol. The first-order chi connectivity index (χ1) is 8.15. The molecule has 17 heavy (non-hydrogen) atoms. The Labute approximate surface area is 110 Å². The van der Waals surface area contributed by atoms with E-state index in [4.69, 9.17) is 0 Å². The largest absolute Gasteiger partial charge is 0.303 e. The van der Waals surface area contributed by atoms with Gasteiger partial charge in [-0.15, -0.1) is 0 Å². The molecule has 0 bridgehead atoms. The van der Waals surface area contributed by atoms with E-state index in [1.165, 1.54) is 11.6 Å². The molecule has 2 unspecified atom stereocenters. The molecule has 2 rings (SSSR count). The van der Waals surface area contributed by atoms with Crippen LogP contribution in [0.1, 0.15) is 24.5 Å². The maximum absolute atomic E-state index is 13.2. The summed E-state index contributed by atoms with van der Waals surface area (Å²) in [6.45, 7) is 2.11. The van der Waals surface area contributed by atoms with Crippen molar-refractivity contribution in [2.45, 2.75) is 26.2 Å². The number of fused-ring (bicyclic) bond motifs is 1. The molecule has 0 N–H and O–H groups in total. The summed E-state index contributed by atoms with van der Waals surface area (Å²) in [6.07, 6.45) is 3.68. The smallest absolute Gasteiger partial charge is 0.124 e. The number of carbonyl (C=O) groups is 1. The van der Waals surface area contributed by atoms with E-state index in [1.54, 1.807) is 6.07 Å². The number of alkyl halides is 1. The van der Waals surface area contributed by atoms with E-state index in [2.05, 4.69) is 22.9 Å². The first-order valence-corrected chi connectivity index (χ1v) is 7.06. The van der Waals surface area contributed by atoms with E-state index >= 15 is 0 Å². The Balaban J connectivity index is 2.34. The Bertz CT molecular complexity index is 432. The summed E-state index contributed by atoms with van der Waals surface area (Å²) < 4.78 is 13.2.